The first-order valence-corrected chi connectivity index (χ1v) is 8.42. The van der Waals surface area contributed by atoms with Crippen LogP contribution in [-0.2, 0) is 6.54 Å². The summed E-state index contributed by atoms with van der Waals surface area (Å²) in [4.78, 5) is 2.61. The molecule has 3 rings (SSSR count). The molecule has 1 aromatic carbocycles. The van der Waals surface area contributed by atoms with Gasteiger partial charge in [0.15, 0.2) is 0 Å². The molecule has 3 nitrogen and oxygen atoms in total. The van der Waals surface area contributed by atoms with E-state index in [1.807, 2.05) is 18.2 Å². The van der Waals surface area contributed by atoms with Crippen LogP contribution in [-0.4, -0.2) is 37.7 Å². The van der Waals surface area contributed by atoms with Crippen molar-refractivity contribution in [3.63, 3.8) is 0 Å². The largest absolute Gasteiger partial charge is 0.496 e. The summed E-state index contributed by atoms with van der Waals surface area (Å²) in [5, 5.41) is 4.34. The molecule has 0 aromatic heterocycles. The van der Waals surface area contributed by atoms with Crippen LogP contribution in [0.1, 0.15) is 31.2 Å². The van der Waals surface area contributed by atoms with Gasteiger partial charge in [-0.25, -0.2) is 0 Å². The minimum absolute atomic E-state index is 0.743. The quantitative estimate of drug-likeness (QED) is 0.872. The average molecular weight is 309 g/mol. The molecule has 0 radical (unpaired) electrons. The Kier molecular flexibility index (Phi) is 5.04. The van der Waals surface area contributed by atoms with Crippen molar-refractivity contribution in [3.05, 3.63) is 28.8 Å². The molecule has 1 saturated carbocycles. The first kappa shape index (κ1) is 15.1. The van der Waals surface area contributed by atoms with Crippen LogP contribution in [0.5, 0.6) is 5.75 Å². The van der Waals surface area contributed by atoms with Gasteiger partial charge in [0.05, 0.1) is 7.11 Å². The molecule has 1 atom stereocenters. The Morgan fingerprint density at radius 1 is 1.33 bits per heavy atom. The number of benzene rings is 1. The highest BCUT2D eigenvalue weighted by molar-refractivity contribution is 6.31. The highest BCUT2D eigenvalue weighted by atomic mass is 35.5. The molecular weight excluding hydrogens is 284 g/mol. The molecule has 1 N–H and O–H groups in total. The van der Waals surface area contributed by atoms with E-state index in [-0.39, 0.29) is 0 Å². The van der Waals surface area contributed by atoms with E-state index >= 15 is 0 Å². The van der Waals surface area contributed by atoms with E-state index in [0.717, 1.165) is 41.4 Å². The van der Waals surface area contributed by atoms with Crippen molar-refractivity contribution in [2.24, 2.45) is 5.92 Å². The van der Waals surface area contributed by atoms with Gasteiger partial charge in [0.2, 0.25) is 0 Å². The second-order valence-corrected chi connectivity index (χ2v) is 6.70. The Morgan fingerprint density at radius 3 is 2.86 bits per heavy atom. The predicted molar refractivity (Wildman–Crippen MR) is 87.0 cm³/mol. The van der Waals surface area contributed by atoms with E-state index in [0.29, 0.717) is 0 Å². The summed E-state index contributed by atoms with van der Waals surface area (Å²) in [5.41, 5.74) is 1.14. The van der Waals surface area contributed by atoms with Gasteiger partial charge in [0.1, 0.15) is 5.75 Å². The summed E-state index contributed by atoms with van der Waals surface area (Å²) in [6.07, 6.45) is 5.30. The van der Waals surface area contributed by atoms with Crippen LogP contribution in [0.2, 0.25) is 5.02 Å². The molecule has 2 fully saturated rings. The third-order valence-corrected chi connectivity index (χ3v) is 4.97. The van der Waals surface area contributed by atoms with E-state index in [1.54, 1.807) is 7.11 Å². The van der Waals surface area contributed by atoms with Gasteiger partial charge in [-0.15, -0.1) is 0 Å². The number of nitrogens with one attached hydrogen (secondary N) is 1. The Morgan fingerprint density at radius 2 is 2.19 bits per heavy atom. The molecule has 0 amide bonds. The highest BCUT2D eigenvalue weighted by Gasteiger charge is 2.31. The van der Waals surface area contributed by atoms with Gasteiger partial charge in [0, 0.05) is 29.7 Å². The lowest BCUT2D eigenvalue weighted by molar-refractivity contribution is 0.191. The second-order valence-electron chi connectivity index (χ2n) is 6.29. The molecule has 2 aliphatic rings. The van der Waals surface area contributed by atoms with Crippen molar-refractivity contribution >= 4 is 11.6 Å². The molecular formula is C17H25ClN2O. The Balaban J connectivity index is 1.70. The van der Waals surface area contributed by atoms with Crippen LogP contribution in [0.15, 0.2) is 18.2 Å². The summed E-state index contributed by atoms with van der Waals surface area (Å²) in [5.74, 6) is 1.68. The van der Waals surface area contributed by atoms with Gasteiger partial charge in [-0.05, 0) is 56.8 Å². The number of rotatable bonds is 6. The number of nitrogens with zero attached hydrogens (tertiary/aromatic N) is 1. The summed E-state index contributed by atoms with van der Waals surface area (Å²) < 4.78 is 5.49. The van der Waals surface area contributed by atoms with Gasteiger partial charge >= 0.3 is 0 Å². The first-order valence-electron chi connectivity index (χ1n) is 8.04. The fourth-order valence-electron chi connectivity index (χ4n) is 3.28. The minimum atomic E-state index is 0.743. The molecule has 0 spiro atoms. The third kappa shape index (κ3) is 3.91. The summed E-state index contributed by atoms with van der Waals surface area (Å²) >= 11 is 6.40. The van der Waals surface area contributed by atoms with Crippen LogP contribution < -0.4 is 10.1 Å². The zero-order valence-corrected chi connectivity index (χ0v) is 13.5. The zero-order chi connectivity index (χ0) is 14.7. The third-order valence-electron chi connectivity index (χ3n) is 4.61. The fraction of sp³-hybridized carbons (Fsp3) is 0.647. The zero-order valence-electron chi connectivity index (χ0n) is 12.8. The van der Waals surface area contributed by atoms with E-state index in [9.17, 15) is 0 Å². The highest BCUT2D eigenvalue weighted by Crippen LogP contribution is 2.34. The molecule has 1 heterocycles. The topological polar surface area (TPSA) is 24.5 Å². The SMILES string of the molecule is COc1cccc(Cl)c1CN(CC1CCCNC1)C1CC1. The molecule has 116 valence electrons. The standard InChI is InChI=1S/C17H25ClN2O/c1-21-17-6-2-5-16(18)15(17)12-20(14-7-8-14)11-13-4-3-9-19-10-13/h2,5-6,13-14,19H,3-4,7-12H2,1H3. The minimum Gasteiger partial charge on any atom is -0.496 e. The Bertz CT molecular complexity index is 470. The van der Waals surface area contributed by atoms with Crippen LogP contribution in [0.3, 0.4) is 0 Å². The predicted octanol–water partition coefficient (Wildman–Crippen LogP) is 3.31. The maximum Gasteiger partial charge on any atom is 0.124 e. The first-order chi connectivity index (χ1) is 10.3. The van der Waals surface area contributed by atoms with Crippen LogP contribution in [0, 0.1) is 5.92 Å². The molecule has 21 heavy (non-hydrogen) atoms. The fourth-order valence-corrected chi connectivity index (χ4v) is 3.51. The van der Waals surface area contributed by atoms with Crippen LogP contribution in [0.25, 0.3) is 0 Å². The van der Waals surface area contributed by atoms with Gasteiger partial charge in [-0.1, -0.05) is 17.7 Å². The number of methoxy groups -OCH3 is 1. The van der Waals surface area contributed by atoms with E-state index < -0.39 is 0 Å². The van der Waals surface area contributed by atoms with Crippen molar-refractivity contribution < 1.29 is 4.74 Å². The molecule has 1 unspecified atom stereocenters. The second kappa shape index (κ2) is 6.99. The number of piperidine rings is 1. The summed E-state index contributed by atoms with van der Waals surface area (Å²) in [6.45, 7) is 4.41. The van der Waals surface area contributed by atoms with E-state index in [1.165, 1.54) is 38.8 Å². The van der Waals surface area contributed by atoms with Crippen molar-refractivity contribution in [1.82, 2.24) is 10.2 Å². The maximum absolute atomic E-state index is 6.40. The van der Waals surface area contributed by atoms with E-state index in [4.69, 9.17) is 16.3 Å². The smallest absolute Gasteiger partial charge is 0.124 e. The summed E-state index contributed by atoms with van der Waals surface area (Å²) in [6, 6.07) is 6.67. The van der Waals surface area contributed by atoms with Gasteiger partial charge in [-0.2, -0.15) is 0 Å². The van der Waals surface area contributed by atoms with Crippen LogP contribution >= 0.6 is 11.6 Å². The number of hydrogen-bond acceptors (Lipinski definition) is 3. The van der Waals surface area contributed by atoms with Gasteiger partial charge < -0.3 is 10.1 Å². The lowest BCUT2D eigenvalue weighted by atomic mass is 9.98. The van der Waals surface area contributed by atoms with Gasteiger partial charge in [0.25, 0.3) is 0 Å². The number of ether oxygens (including phenoxy) is 1. The average Bonchev–Trinajstić information content (AvgIpc) is 3.34. The molecule has 1 aromatic rings. The van der Waals surface area contributed by atoms with Crippen molar-refractivity contribution in [2.75, 3.05) is 26.7 Å². The lowest BCUT2D eigenvalue weighted by Gasteiger charge is -2.30. The normalized spacial score (nSPS) is 22.5. The van der Waals surface area contributed by atoms with E-state index in [2.05, 4.69) is 10.2 Å². The lowest BCUT2D eigenvalue weighted by Crippen LogP contribution is -2.39. The molecule has 1 saturated heterocycles. The monoisotopic (exact) mass is 308 g/mol. The van der Waals surface area contributed by atoms with Gasteiger partial charge in [-0.3, -0.25) is 4.90 Å². The molecule has 0 bridgehead atoms. The molecule has 1 aliphatic carbocycles. The Hall–Kier alpha value is -0.770. The number of hydrogen-bond donors (Lipinski definition) is 1. The van der Waals surface area contributed by atoms with Crippen molar-refractivity contribution in [1.29, 1.82) is 0 Å². The molecule has 1 aliphatic heterocycles. The number of halogens is 1. The maximum atomic E-state index is 6.40. The van der Waals surface area contributed by atoms with Crippen LogP contribution in [0.4, 0.5) is 0 Å². The Labute approximate surface area is 132 Å². The van der Waals surface area contributed by atoms with Crippen molar-refractivity contribution in [2.45, 2.75) is 38.3 Å². The molecule has 4 heteroatoms. The van der Waals surface area contributed by atoms with Crippen molar-refractivity contribution in [3.8, 4) is 5.75 Å². The summed E-state index contributed by atoms with van der Waals surface area (Å²) in [7, 11) is 1.72.